The maximum atomic E-state index is 13.4. The fraction of sp³-hybridized carbons (Fsp3) is 0.533. The number of thioether (sulfide) groups is 1. The van der Waals surface area contributed by atoms with Gasteiger partial charge >= 0.3 is 5.97 Å². The number of carboxylic acid groups (broad SMARTS) is 1. The third kappa shape index (κ3) is 4.83. The molecule has 2 N–H and O–H groups in total. The minimum atomic E-state index is -2.42. The number of carbonyl (C=O) groups is 1. The molecule has 2 rings (SSSR count). The third-order valence-corrected chi connectivity index (χ3v) is 4.83. The molecule has 0 spiro atoms. The van der Waals surface area contributed by atoms with Crippen molar-refractivity contribution in [3.63, 3.8) is 0 Å². The average Bonchev–Trinajstić information content (AvgIpc) is 2.47. The SMILES string of the molecule is O=C(O)C1CCC(Nc2cc(F)ccc2SCC(F)F)CC1. The van der Waals surface area contributed by atoms with Crippen LogP contribution >= 0.6 is 11.8 Å². The van der Waals surface area contributed by atoms with E-state index in [0.717, 1.165) is 11.8 Å². The molecule has 0 aromatic heterocycles. The largest absolute Gasteiger partial charge is 0.481 e. The van der Waals surface area contributed by atoms with Crippen LogP contribution in [0, 0.1) is 11.7 Å². The predicted octanol–water partition coefficient (Wildman–Crippen LogP) is 4.24. The molecule has 0 atom stereocenters. The summed E-state index contributed by atoms with van der Waals surface area (Å²) in [5.41, 5.74) is 0.504. The number of hydrogen-bond acceptors (Lipinski definition) is 3. The van der Waals surface area contributed by atoms with Crippen molar-refractivity contribution in [2.75, 3.05) is 11.1 Å². The van der Waals surface area contributed by atoms with Crippen LogP contribution in [0.1, 0.15) is 25.7 Å². The predicted molar refractivity (Wildman–Crippen MR) is 80.1 cm³/mol. The quantitative estimate of drug-likeness (QED) is 0.765. The fourth-order valence-electron chi connectivity index (χ4n) is 2.60. The Morgan fingerprint density at radius 1 is 1.32 bits per heavy atom. The van der Waals surface area contributed by atoms with Gasteiger partial charge in [-0.05, 0) is 43.9 Å². The van der Waals surface area contributed by atoms with Gasteiger partial charge in [0.2, 0.25) is 6.43 Å². The molecule has 7 heteroatoms. The molecular formula is C15H18F3NO2S. The first-order valence-electron chi connectivity index (χ1n) is 7.15. The molecule has 1 aromatic rings. The smallest absolute Gasteiger partial charge is 0.306 e. The molecule has 0 aliphatic heterocycles. The molecule has 122 valence electrons. The summed E-state index contributed by atoms with van der Waals surface area (Å²) in [6, 6.07) is 4.09. The highest BCUT2D eigenvalue weighted by Gasteiger charge is 2.26. The molecule has 1 aliphatic rings. The maximum Gasteiger partial charge on any atom is 0.306 e. The number of anilines is 1. The second-order valence-electron chi connectivity index (χ2n) is 5.37. The summed E-state index contributed by atoms with van der Waals surface area (Å²) in [5, 5.41) is 12.1. The van der Waals surface area contributed by atoms with Gasteiger partial charge in [0.1, 0.15) is 5.82 Å². The van der Waals surface area contributed by atoms with E-state index < -0.39 is 18.2 Å². The molecule has 0 unspecified atom stereocenters. The third-order valence-electron chi connectivity index (χ3n) is 3.74. The van der Waals surface area contributed by atoms with Crippen LogP contribution in [-0.4, -0.2) is 29.3 Å². The first kappa shape index (κ1) is 17.0. The molecule has 1 fully saturated rings. The van der Waals surface area contributed by atoms with E-state index in [9.17, 15) is 18.0 Å². The van der Waals surface area contributed by atoms with E-state index in [-0.39, 0.29) is 17.7 Å². The molecule has 22 heavy (non-hydrogen) atoms. The van der Waals surface area contributed by atoms with Crippen LogP contribution in [0.25, 0.3) is 0 Å². The Kier molecular flexibility index (Phi) is 5.99. The Morgan fingerprint density at radius 2 is 2.00 bits per heavy atom. The first-order chi connectivity index (χ1) is 10.5. The lowest BCUT2D eigenvalue weighted by atomic mass is 9.86. The zero-order chi connectivity index (χ0) is 16.1. The van der Waals surface area contributed by atoms with Gasteiger partial charge in [-0.1, -0.05) is 0 Å². The van der Waals surface area contributed by atoms with Gasteiger partial charge in [-0.15, -0.1) is 11.8 Å². The lowest BCUT2D eigenvalue weighted by Gasteiger charge is -2.28. The molecule has 3 nitrogen and oxygen atoms in total. The van der Waals surface area contributed by atoms with Crippen molar-refractivity contribution in [2.24, 2.45) is 5.92 Å². The molecule has 1 aromatic carbocycles. The lowest BCUT2D eigenvalue weighted by Crippen LogP contribution is -2.29. The summed E-state index contributed by atoms with van der Waals surface area (Å²) in [7, 11) is 0. The number of benzene rings is 1. The van der Waals surface area contributed by atoms with Gasteiger partial charge in [-0.3, -0.25) is 4.79 Å². The van der Waals surface area contributed by atoms with Crippen molar-refractivity contribution >= 4 is 23.4 Å². The number of rotatable bonds is 6. The first-order valence-corrected chi connectivity index (χ1v) is 8.14. The minimum absolute atomic E-state index is 0.0447. The number of hydrogen-bond donors (Lipinski definition) is 2. The zero-order valence-corrected chi connectivity index (χ0v) is 12.7. The van der Waals surface area contributed by atoms with E-state index >= 15 is 0 Å². The van der Waals surface area contributed by atoms with Crippen molar-refractivity contribution in [1.82, 2.24) is 0 Å². The van der Waals surface area contributed by atoms with Crippen LogP contribution < -0.4 is 5.32 Å². The van der Waals surface area contributed by atoms with Crippen molar-refractivity contribution in [3.05, 3.63) is 24.0 Å². The van der Waals surface area contributed by atoms with Crippen molar-refractivity contribution in [2.45, 2.75) is 43.0 Å². The number of carboxylic acids is 1. The molecule has 1 saturated carbocycles. The number of alkyl halides is 2. The summed E-state index contributed by atoms with van der Waals surface area (Å²) < 4.78 is 38.1. The van der Waals surface area contributed by atoms with Gasteiger partial charge in [-0.25, -0.2) is 13.2 Å². The Labute approximate surface area is 131 Å². The van der Waals surface area contributed by atoms with Crippen LogP contribution in [0.15, 0.2) is 23.1 Å². The lowest BCUT2D eigenvalue weighted by molar-refractivity contribution is -0.142. The van der Waals surface area contributed by atoms with Gasteiger partial charge in [-0.2, -0.15) is 0 Å². The van der Waals surface area contributed by atoms with Crippen molar-refractivity contribution in [3.8, 4) is 0 Å². The summed E-state index contributed by atoms with van der Waals surface area (Å²) in [5.74, 6) is -1.87. The molecule has 0 saturated heterocycles. The second-order valence-corrected chi connectivity index (χ2v) is 6.44. The van der Waals surface area contributed by atoms with Crippen LogP contribution in [0.3, 0.4) is 0 Å². The van der Waals surface area contributed by atoms with Crippen LogP contribution in [0.5, 0.6) is 0 Å². The minimum Gasteiger partial charge on any atom is -0.481 e. The topological polar surface area (TPSA) is 49.3 Å². The standard InChI is InChI=1S/C15H18F3NO2S/c16-10-3-6-13(22-8-14(17)18)12(7-10)19-11-4-1-9(2-5-11)15(20)21/h3,6-7,9,11,14,19H,1-2,4-5,8H2,(H,20,21). The van der Waals surface area contributed by atoms with Crippen LogP contribution in [-0.2, 0) is 4.79 Å². The van der Waals surface area contributed by atoms with E-state index in [1.54, 1.807) is 0 Å². The molecule has 0 bridgehead atoms. The summed E-state index contributed by atoms with van der Waals surface area (Å²) in [6.45, 7) is 0. The van der Waals surface area contributed by atoms with Gasteiger partial charge in [0.25, 0.3) is 0 Å². The van der Waals surface area contributed by atoms with Crippen LogP contribution in [0.4, 0.5) is 18.9 Å². The molecule has 0 radical (unpaired) electrons. The van der Waals surface area contributed by atoms with E-state index in [4.69, 9.17) is 5.11 Å². The Bertz CT molecular complexity index is 520. The Hall–Kier alpha value is -1.37. The highest BCUT2D eigenvalue weighted by molar-refractivity contribution is 7.99. The van der Waals surface area contributed by atoms with Gasteiger partial charge in [0.05, 0.1) is 17.4 Å². The molecule has 0 heterocycles. The molecule has 1 aliphatic carbocycles. The average molecular weight is 333 g/mol. The molecular weight excluding hydrogens is 315 g/mol. The fourth-order valence-corrected chi connectivity index (χ4v) is 3.34. The van der Waals surface area contributed by atoms with E-state index in [0.29, 0.717) is 36.3 Å². The number of nitrogens with one attached hydrogen (secondary N) is 1. The zero-order valence-electron chi connectivity index (χ0n) is 11.9. The van der Waals surface area contributed by atoms with Crippen LogP contribution in [0.2, 0.25) is 0 Å². The maximum absolute atomic E-state index is 13.4. The Morgan fingerprint density at radius 3 is 2.59 bits per heavy atom. The summed E-state index contributed by atoms with van der Waals surface area (Å²) >= 11 is 0.985. The van der Waals surface area contributed by atoms with E-state index in [1.807, 2.05) is 0 Å². The van der Waals surface area contributed by atoms with Gasteiger partial charge in [0.15, 0.2) is 0 Å². The number of aliphatic carboxylic acids is 1. The summed E-state index contributed by atoms with van der Waals surface area (Å²) in [6.07, 6.45) is 0.0663. The number of halogens is 3. The summed E-state index contributed by atoms with van der Waals surface area (Å²) in [4.78, 5) is 11.5. The second kappa shape index (κ2) is 7.76. The van der Waals surface area contributed by atoms with E-state index in [2.05, 4.69) is 5.32 Å². The highest BCUT2D eigenvalue weighted by atomic mass is 32.2. The van der Waals surface area contributed by atoms with Gasteiger partial charge < -0.3 is 10.4 Å². The van der Waals surface area contributed by atoms with Crippen molar-refractivity contribution < 1.29 is 23.1 Å². The van der Waals surface area contributed by atoms with Gasteiger partial charge in [0, 0.05) is 10.9 Å². The van der Waals surface area contributed by atoms with Crippen molar-refractivity contribution in [1.29, 1.82) is 0 Å². The Balaban J connectivity index is 1.99. The normalized spacial score (nSPS) is 21.8. The van der Waals surface area contributed by atoms with E-state index in [1.165, 1.54) is 18.2 Å². The molecule has 0 amide bonds. The monoisotopic (exact) mass is 333 g/mol. The highest BCUT2D eigenvalue weighted by Crippen LogP contribution is 2.32.